The topological polar surface area (TPSA) is 20.3 Å². The first-order chi connectivity index (χ1) is 7.33. The third-order valence-electron chi connectivity index (χ3n) is 2.53. The Morgan fingerprint density at radius 1 is 1.31 bits per heavy atom. The molecule has 0 unspecified atom stereocenters. The highest BCUT2D eigenvalue weighted by Gasteiger charge is 2.14. The van der Waals surface area contributed by atoms with Gasteiger partial charge < -0.3 is 4.90 Å². The van der Waals surface area contributed by atoms with E-state index in [1.54, 1.807) is 0 Å². The summed E-state index contributed by atoms with van der Waals surface area (Å²) in [5, 5.41) is 0. The average Bonchev–Trinajstić information content (AvgIpc) is 2.15. The summed E-state index contributed by atoms with van der Waals surface area (Å²) >= 11 is 0. The summed E-state index contributed by atoms with van der Waals surface area (Å²) in [6.07, 6.45) is 0.906. The van der Waals surface area contributed by atoms with E-state index in [2.05, 4.69) is 38.8 Å². The number of aryl methyl sites for hydroxylation is 1. The van der Waals surface area contributed by atoms with E-state index in [1.807, 2.05) is 19.1 Å². The summed E-state index contributed by atoms with van der Waals surface area (Å²) in [6, 6.07) is 5.95. The van der Waals surface area contributed by atoms with Crippen LogP contribution in [-0.2, 0) is 0 Å². The zero-order valence-corrected chi connectivity index (χ0v) is 10.9. The van der Waals surface area contributed by atoms with Crippen molar-refractivity contribution in [2.24, 2.45) is 5.41 Å². The van der Waals surface area contributed by atoms with Gasteiger partial charge in [-0.25, -0.2) is 0 Å². The first kappa shape index (κ1) is 12.8. The van der Waals surface area contributed by atoms with E-state index in [9.17, 15) is 4.79 Å². The second-order valence-corrected chi connectivity index (χ2v) is 5.58. The number of hydrogen-bond donors (Lipinski definition) is 0. The molecule has 0 aliphatic heterocycles. The molecule has 0 spiro atoms. The molecular formula is C14H21NO. The zero-order valence-electron chi connectivity index (χ0n) is 10.9. The van der Waals surface area contributed by atoms with Gasteiger partial charge in [-0.15, -0.1) is 0 Å². The molecule has 0 fully saturated rings. The van der Waals surface area contributed by atoms with Gasteiger partial charge in [0, 0.05) is 24.8 Å². The van der Waals surface area contributed by atoms with Crippen molar-refractivity contribution < 1.29 is 4.79 Å². The number of hydrogen-bond acceptors (Lipinski definition) is 2. The summed E-state index contributed by atoms with van der Waals surface area (Å²) in [5.74, 6) is 0. The molecule has 16 heavy (non-hydrogen) atoms. The minimum atomic E-state index is 0.270. The molecule has 0 atom stereocenters. The lowest BCUT2D eigenvalue weighted by molar-refractivity contribution is 0.112. The number of benzene rings is 1. The third kappa shape index (κ3) is 3.37. The fourth-order valence-electron chi connectivity index (χ4n) is 1.83. The van der Waals surface area contributed by atoms with Crippen LogP contribution in [0.2, 0.25) is 0 Å². The summed E-state index contributed by atoms with van der Waals surface area (Å²) in [5.41, 5.74) is 3.24. The van der Waals surface area contributed by atoms with Crippen LogP contribution in [-0.4, -0.2) is 19.9 Å². The summed E-state index contributed by atoms with van der Waals surface area (Å²) in [7, 11) is 2.08. The molecule has 0 amide bonds. The van der Waals surface area contributed by atoms with Crippen LogP contribution >= 0.6 is 0 Å². The molecule has 0 saturated heterocycles. The molecule has 0 saturated carbocycles. The number of carbonyl (C=O) groups excluding carboxylic acids is 1. The molecule has 0 heterocycles. The molecule has 1 aromatic rings. The van der Waals surface area contributed by atoms with Gasteiger partial charge in [-0.2, -0.15) is 0 Å². The molecule has 0 aromatic heterocycles. The predicted octanol–water partition coefficient (Wildman–Crippen LogP) is 3.29. The van der Waals surface area contributed by atoms with Crippen LogP contribution in [0, 0.1) is 12.3 Å². The predicted molar refractivity (Wildman–Crippen MR) is 69.3 cm³/mol. The summed E-state index contributed by atoms with van der Waals surface area (Å²) < 4.78 is 0. The maximum Gasteiger partial charge on any atom is 0.150 e. The molecule has 0 aliphatic rings. The van der Waals surface area contributed by atoms with Crippen LogP contribution in [0.4, 0.5) is 5.69 Å². The largest absolute Gasteiger partial charge is 0.374 e. The van der Waals surface area contributed by atoms with Gasteiger partial charge in [0.2, 0.25) is 0 Å². The SMILES string of the molecule is Cc1cc(N(C)CC(C)(C)C)ccc1C=O. The molecule has 2 nitrogen and oxygen atoms in total. The maximum atomic E-state index is 10.7. The zero-order chi connectivity index (χ0) is 12.3. The van der Waals surface area contributed by atoms with Crippen molar-refractivity contribution in [3.05, 3.63) is 29.3 Å². The lowest BCUT2D eigenvalue weighted by Gasteiger charge is -2.28. The van der Waals surface area contributed by atoms with Gasteiger partial charge in [0.05, 0.1) is 0 Å². The van der Waals surface area contributed by atoms with Crippen molar-refractivity contribution in [1.29, 1.82) is 0 Å². The van der Waals surface area contributed by atoms with Crippen LogP contribution in [0.1, 0.15) is 36.7 Å². The first-order valence-electron chi connectivity index (χ1n) is 5.60. The van der Waals surface area contributed by atoms with Crippen molar-refractivity contribution in [2.45, 2.75) is 27.7 Å². The summed E-state index contributed by atoms with van der Waals surface area (Å²) in [6.45, 7) is 9.62. The number of carbonyl (C=O) groups is 1. The lowest BCUT2D eigenvalue weighted by atomic mass is 9.96. The van der Waals surface area contributed by atoms with E-state index in [0.29, 0.717) is 0 Å². The Bertz CT molecular complexity index is 377. The normalized spacial score (nSPS) is 11.3. The van der Waals surface area contributed by atoms with E-state index in [-0.39, 0.29) is 5.41 Å². The van der Waals surface area contributed by atoms with Crippen molar-refractivity contribution in [3.8, 4) is 0 Å². The smallest absolute Gasteiger partial charge is 0.150 e. The van der Waals surface area contributed by atoms with Crippen molar-refractivity contribution in [1.82, 2.24) is 0 Å². The van der Waals surface area contributed by atoms with Crippen LogP contribution in [0.25, 0.3) is 0 Å². The Morgan fingerprint density at radius 3 is 2.38 bits per heavy atom. The molecule has 0 aliphatic carbocycles. The monoisotopic (exact) mass is 219 g/mol. The average molecular weight is 219 g/mol. The number of aldehydes is 1. The van der Waals surface area contributed by atoms with Gasteiger partial charge in [-0.05, 0) is 36.1 Å². The van der Waals surface area contributed by atoms with Crippen LogP contribution < -0.4 is 4.90 Å². The Hall–Kier alpha value is -1.31. The highest BCUT2D eigenvalue weighted by atomic mass is 16.1. The lowest BCUT2D eigenvalue weighted by Crippen LogP contribution is -2.29. The second kappa shape index (κ2) is 4.69. The van der Waals surface area contributed by atoms with Crippen LogP contribution in [0.3, 0.4) is 0 Å². The van der Waals surface area contributed by atoms with Crippen molar-refractivity contribution in [3.63, 3.8) is 0 Å². The van der Waals surface area contributed by atoms with E-state index in [0.717, 1.165) is 29.6 Å². The minimum absolute atomic E-state index is 0.270. The van der Waals surface area contributed by atoms with Gasteiger partial charge in [0.15, 0.2) is 0 Å². The Balaban J connectivity index is 2.89. The van der Waals surface area contributed by atoms with Gasteiger partial charge >= 0.3 is 0 Å². The minimum Gasteiger partial charge on any atom is -0.374 e. The Kier molecular flexibility index (Phi) is 3.74. The fraction of sp³-hybridized carbons (Fsp3) is 0.500. The van der Waals surface area contributed by atoms with Gasteiger partial charge in [-0.1, -0.05) is 20.8 Å². The molecule has 2 heteroatoms. The van der Waals surface area contributed by atoms with Gasteiger partial charge in [0.1, 0.15) is 6.29 Å². The molecule has 0 bridgehead atoms. The fourth-order valence-corrected chi connectivity index (χ4v) is 1.83. The molecule has 0 N–H and O–H groups in total. The second-order valence-electron chi connectivity index (χ2n) is 5.58. The van der Waals surface area contributed by atoms with Crippen LogP contribution in [0.15, 0.2) is 18.2 Å². The highest BCUT2D eigenvalue weighted by Crippen LogP contribution is 2.22. The van der Waals surface area contributed by atoms with Gasteiger partial charge in [-0.3, -0.25) is 4.79 Å². The van der Waals surface area contributed by atoms with Crippen LogP contribution in [0.5, 0.6) is 0 Å². The maximum absolute atomic E-state index is 10.7. The van der Waals surface area contributed by atoms with Crippen molar-refractivity contribution in [2.75, 3.05) is 18.5 Å². The van der Waals surface area contributed by atoms with Gasteiger partial charge in [0.25, 0.3) is 0 Å². The number of rotatable bonds is 3. The molecule has 1 aromatic carbocycles. The number of anilines is 1. The highest BCUT2D eigenvalue weighted by molar-refractivity contribution is 5.78. The summed E-state index contributed by atoms with van der Waals surface area (Å²) in [4.78, 5) is 12.9. The van der Waals surface area contributed by atoms with E-state index >= 15 is 0 Å². The first-order valence-corrected chi connectivity index (χ1v) is 5.60. The molecule has 88 valence electrons. The quantitative estimate of drug-likeness (QED) is 0.727. The molecular weight excluding hydrogens is 198 g/mol. The van der Waals surface area contributed by atoms with E-state index in [4.69, 9.17) is 0 Å². The Morgan fingerprint density at radius 2 is 1.94 bits per heavy atom. The Labute approximate surface area is 98.3 Å². The number of nitrogens with zero attached hydrogens (tertiary/aromatic N) is 1. The molecule has 1 rings (SSSR count). The van der Waals surface area contributed by atoms with E-state index < -0.39 is 0 Å². The standard InChI is InChI=1S/C14H21NO/c1-11-8-13(7-6-12(11)9-16)15(5)10-14(2,3)4/h6-9H,10H2,1-5H3. The van der Waals surface area contributed by atoms with Crippen molar-refractivity contribution >= 4 is 12.0 Å². The molecule has 0 radical (unpaired) electrons. The van der Waals surface area contributed by atoms with E-state index in [1.165, 1.54) is 0 Å². The third-order valence-corrected chi connectivity index (χ3v) is 2.53.